The second kappa shape index (κ2) is 5.26. The minimum absolute atomic E-state index is 0.525. The number of aldehydes is 1. The molecule has 0 aliphatic carbocycles. The standard InChI is InChI=1S/C17H14ClNO2/c1-11-14(10-20)13-8-17(21-2)15(18)9-16(13)19(11)12-6-4-3-5-7-12/h3-10H,1-2H3. The maximum absolute atomic E-state index is 11.5. The van der Waals surface area contributed by atoms with Crippen LogP contribution in [-0.4, -0.2) is 18.0 Å². The molecular formula is C17H14ClNO2. The van der Waals surface area contributed by atoms with Gasteiger partial charge >= 0.3 is 0 Å². The molecule has 3 aromatic rings. The second-order valence-electron chi connectivity index (χ2n) is 4.79. The molecule has 0 saturated carbocycles. The number of methoxy groups -OCH3 is 1. The van der Waals surface area contributed by atoms with E-state index in [0.717, 1.165) is 28.6 Å². The first-order valence-electron chi connectivity index (χ1n) is 6.56. The van der Waals surface area contributed by atoms with E-state index in [2.05, 4.69) is 0 Å². The van der Waals surface area contributed by atoms with Crippen molar-refractivity contribution in [3.63, 3.8) is 0 Å². The first-order chi connectivity index (χ1) is 10.2. The van der Waals surface area contributed by atoms with Crippen molar-refractivity contribution in [2.45, 2.75) is 6.92 Å². The van der Waals surface area contributed by atoms with Gasteiger partial charge in [0.25, 0.3) is 0 Å². The Morgan fingerprint density at radius 3 is 2.52 bits per heavy atom. The number of carbonyl (C=O) groups excluding carboxylic acids is 1. The highest BCUT2D eigenvalue weighted by molar-refractivity contribution is 6.33. The van der Waals surface area contributed by atoms with Crippen LogP contribution in [0, 0.1) is 6.92 Å². The monoisotopic (exact) mass is 299 g/mol. The van der Waals surface area contributed by atoms with Crippen molar-refractivity contribution in [1.29, 1.82) is 0 Å². The predicted molar refractivity (Wildman–Crippen MR) is 85.0 cm³/mol. The molecule has 106 valence electrons. The van der Waals surface area contributed by atoms with E-state index in [1.165, 1.54) is 0 Å². The number of halogens is 1. The third-order valence-electron chi connectivity index (χ3n) is 3.66. The lowest BCUT2D eigenvalue weighted by Crippen LogP contribution is -1.96. The molecule has 21 heavy (non-hydrogen) atoms. The van der Waals surface area contributed by atoms with Crippen molar-refractivity contribution < 1.29 is 9.53 Å². The minimum Gasteiger partial charge on any atom is -0.495 e. The molecule has 2 aromatic carbocycles. The van der Waals surface area contributed by atoms with Crippen molar-refractivity contribution in [1.82, 2.24) is 4.57 Å². The van der Waals surface area contributed by atoms with Crippen molar-refractivity contribution in [3.8, 4) is 11.4 Å². The van der Waals surface area contributed by atoms with Crippen LogP contribution in [0.3, 0.4) is 0 Å². The van der Waals surface area contributed by atoms with Crippen LogP contribution < -0.4 is 4.74 Å². The number of fused-ring (bicyclic) bond motifs is 1. The number of carbonyl (C=O) groups is 1. The van der Waals surface area contributed by atoms with E-state index in [-0.39, 0.29) is 0 Å². The second-order valence-corrected chi connectivity index (χ2v) is 5.20. The molecule has 0 spiro atoms. The summed E-state index contributed by atoms with van der Waals surface area (Å²) in [5, 5.41) is 1.37. The van der Waals surface area contributed by atoms with Gasteiger partial charge in [0, 0.05) is 22.3 Å². The quantitative estimate of drug-likeness (QED) is 0.671. The van der Waals surface area contributed by atoms with E-state index in [9.17, 15) is 4.79 Å². The average molecular weight is 300 g/mol. The molecule has 0 aliphatic rings. The van der Waals surface area contributed by atoms with Crippen LogP contribution in [0.5, 0.6) is 5.75 Å². The molecule has 0 unspecified atom stereocenters. The Morgan fingerprint density at radius 1 is 1.19 bits per heavy atom. The molecule has 0 aliphatic heterocycles. The van der Waals surface area contributed by atoms with Crippen molar-refractivity contribution in [3.05, 3.63) is 58.7 Å². The Morgan fingerprint density at radius 2 is 1.90 bits per heavy atom. The van der Waals surface area contributed by atoms with Crippen molar-refractivity contribution >= 4 is 28.8 Å². The number of nitrogens with zero attached hydrogens (tertiary/aromatic N) is 1. The molecule has 4 heteroatoms. The highest BCUT2D eigenvalue weighted by Crippen LogP contribution is 2.35. The fraction of sp³-hybridized carbons (Fsp3) is 0.118. The number of hydrogen-bond acceptors (Lipinski definition) is 2. The summed E-state index contributed by atoms with van der Waals surface area (Å²) in [5.74, 6) is 0.567. The number of hydrogen-bond donors (Lipinski definition) is 0. The van der Waals surface area contributed by atoms with Gasteiger partial charge in [-0.2, -0.15) is 0 Å². The number of ether oxygens (including phenoxy) is 1. The zero-order valence-electron chi connectivity index (χ0n) is 11.8. The molecular weight excluding hydrogens is 286 g/mol. The van der Waals surface area contributed by atoms with Crippen molar-refractivity contribution in [2.24, 2.45) is 0 Å². The van der Waals surface area contributed by atoms with Crippen LogP contribution in [0.1, 0.15) is 16.1 Å². The Hall–Kier alpha value is -2.26. The highest BCUT2D eigenvalue weighted by atomic mass is 35.5. The zero-order valence-corrected chi connectivity index (χ0v) is 12.5. The Balaban J connectivity index is 2.42. The van der Waals surface area contributed by atoms with Gasteiger partial charge in [-0.15, -0.1) is 0 Å². The molecule has 0 bridgehead atoms. The summed E-state index contributed by atoms with van der Waals surface area (Å²) in [6.07, 6.45) is 0.879. The van der Waals surface area contributed by atoms with E-state index in [0.29, 0.717) is 16.3 Å². The van der Waals surface area contributed by atoms with Gasteiger partial charge in [-0.3, -0.25) is 4.79 Å². The molecule has 1 aromatic heterocycles. The van der Waals surface area contributed by atoms with Gasteiger partial charge in [-0.1, -0.05) is 29.8 Å². The maximum Gasteiger partial charge on any atom is 0.152 e. The Kier molecular flexibility index (Phi) is 3.43. The van der Waals surface area contributed by atoms with Gasteiger partial charge in [-0.05, 0) is 31.2 Å². The number of para-hydroxylation sites is 1. The fourth-order valence-corrected chi connectivity index (χ4v) is 2.89. The average Bonchev–Trinajstić information content (AvgIpc) is 2.77. The normalized spacial score (nSPS) is 10.8. The summed E-state index contributed by atoms with van der Waals surface area (Å²) < 4.78 is 7.28. The molecule has 0 saturated heterocycles. The van der Waals surface area contributed by atoms with Gasteiger partial charge in [0.2, 0.25) is 0 Å². The molecule has 3 rings (SSSR count). The Bertz CT molecular complexity index is 822. The summed E-state index contributed by atoms with van der Waals surface area (Å²) in [4.78, 5) is 11.5. The molecule has 0 N–H and O–H groups in total. The van der Waals surface area contributed by atoms with Crippen LogP contribution in [0.25, 0.3) is 16.6 Å². The van der Waals surface area contributed by atoms with Gasteiger partial charge in [0.1, 0.15) is 5.75 Å². The smallest absolute Gasteiger partial charge is 0.152 e. The SMILES string of the molecule is COc1cc2c(C=O)c(C)n(-c3ccccc3)c2cc1Cl. The molecule has 0 atom stereocenters. The van der Waals surface area contributed by atoms with E-state index in [1.54, 1.807) is 7.11 Å². The van der Waals surface area contributed by atoms with E-state index < -0.39 is 0 Å². The van der Waals surface area contributed by atoms with Gasteiger partial charge in [0.05, 0.1) is 17.6 Å². The lowest BCUT2D eigenvalue weighted by Gasteiger charge is -2.09. The van der Waals surface area contributed by atoms with E-state index in [4.69, 9.17) is 16.3 Å². The molecule has 1 heterocycles. The van der Waals surface area contributed by atoms with Crippen LogP contribution in [0.15, 0.2) is 42.5 Å². The van der Waals surface area contributed by atoms with Gasteiger partial charge in [-0.25, -0.2) is 0 Å². The van der Waals surface area contributed by atoms with Crippen LogP contribution >= 0.6 is 11.6 Å². The number of rotatable bonds is 3. The molecule has 0 radical (unpaired) electrons. The lowest BCUT2D eigenvalue weighted by atomic mass is 10.1. The lowest BCUT2D eigenvalue weighted by molar-refractivity contribution is 0.112. The van der Waals surface area contributed by atoms with E-state index >= 15 is 0 Å². The first kappa shape index (κ1) is 13.7. The molecule has 3 nitrogen and oxygen atoms in total. The van der Waals surface area contributed by atoms with Crippen LogP contribution in [0.4, 0.5) is 0 Å². The van der Waals surface area contributed by atoms with Crippen LogP contribution in [0.2, 0.25) is 5.02 Å². The maximum atomic E-state index is 11.5. The fourth-order valence-electron chi connectivity index (χ4n) is 2.65. The largest absolute Gasteiger partial charge is 0.495 e. The summed E-state index contributed by atoms with van der Waals surface area (Å²) in [6, 6.07) is 13.5. The number of benzene rings is 2. The predicted octanol–water partition coefficient (Wildman–Crippen LogP) is 4.41. The topological polar surface area (TPSA) is 31.2 Å². The van der Waals surface area contributed by atoms with E-state index in [1.807, 2.05) is 54.0 Å². The van der Waals surface area contributed by atoms with Crippen LogP contribution in [-0.2, 0) is 0 Å². The summed E-state index contributed by atoms with van der Waals surface area (Å²) in [5.41, 5.74) is 3.43. The summed E-state index contributed by atoms with van der Waals surface area (Å²) in [7, 11) is 1.56. The first-order valence-corrected chi connectivity index (χ1v) is 6.94. The zero-order chi connectivity index (χ0) is 15.0. The Labute approximate surface area is 127 Å². The van der Waals surface area contributed by atoms with Crippen molar-refractivity contribution in [2.75, 3.05) is 7.11 Å². The third-order valence-corrected chi connectivity index (χ3v) is 3.95. The molecule has 0 amide bonds. The summed E-state index contributed by atoms with van der Waals surface area (Å²) in [6.45, 7) is 1.93. The number of aromatic nitrogens is 1. The molecule has 0 fully saturated rings. The third kappa shape index (κ3) is 2.10. The summed E-state index contributed by atoms with van der Waals surface area (Å²) >= 11 is 6.24. The van der Waals surface area contributed by atoms with Gasteiger partial charge in [0.15, 0.2) is 6.29 Å². The minimum atomic E-state index is 0.525. The highest BCUT2D eigenvalue weighted by Gasteiger charge is 2.17. The van der Waals surface area contributed by atoms with Gasteiger partial charge < -0.3 is 9.30 Å².